The van der Waals surface area contributed by atoms with Crippen LogP contribution in [0, 0.1) is 6.92 Å². The first kappa shape index (κ1) is 12.5. The van der Waals surface area contributed by atoms with Crippen molar-refractivity contribution in [2.75, 3.05) is 21.2 Å². The number of methoxy groups -OCH3 is 1. The van der Waals surface area contributed by atoms with Gasteiger partial charge in [-0.3, -0.25) is 0 Å². The Hall–Kier alpha value is -1.48. The first-order valence-corrected chi connectivity index (χ1v) is 6.87. The zero-order valence-corrected chi connectivity index (χ0v) is 12.2. The maximum Gasteiger partial charge on any atom is 0.143 e. The van der Waals surface area contributed by atoms with Crippen molar-refractivity contribution in [3.8, 4) is 5.75 Å². The molecule has 0 aliphatic heterocycles. The third-order valence-corrected chi connectivity index (χ3v) is 4.43. The van der Waals surface area contributed by atoms with Gasteiger partial charge in [0.2, 0.25) is 0 Å². The molecule has 3 heteroatoms. The van der Waals surface area contributed by atoms with Crippen LogP contribution in [0.15, 0.2) is 24.4 Å². The Balaban J connectivity index is 2.05. The van der Waals surface area contributed by atoms with E-state index in [1.807, 2.05) is 0 Å². The SMILES string of the molecule is COc1cc(C)cc2ccn(CC3(N(C)C)CC3)c12. The van der Waals surface area contributed by atoms with Crippen molar-refractivity contribution in [3.63, 3.8) is 0 Å². The van der Waals surface area contributed by atoms with E-state index in [0.717, 1.165) is 12.3 Å². The first-order valence-electron chi connectivity index (χ1n) is 6.87. The van der Waals surface area contributed by atoms with E-state index in [4.69, 9.17) is 4.74 Å². The van der Waals surface area contributed by atoms with Crippen LogP contribution >= 0.6 is 0 Å². The lowest BCUT2D eigenvalue weighted by Crippen LogP contribution is -2.34. The molecule has 1 heterocycles. The predicted molar refractivity (Wildman–Crippen MR) is 78.9 cm³/mol. The van der Waals surface area contributed by atoms with E-state index in [0.29, 0.717) is 5.54 Å². The molecule has 0 spiro atoms. The van der Waals surface area contributed by atoms with Gasteiger partial charge >= 0.3 is 0 Å². The fraction of sp³-hybridized carbons (Fsp3) is 0.500. The third-order valence-electron chi connectivity index (χ3n) is 4.43. The Bertz CT molecular complexity index is 608. The number of hydrogen-bond donors (Lipinski definition) is 0. The molecule has 102 valence electrons. The van der Waals surface area contributed by atoms with Gasteiger partial charge in [0, 0.05) is 23.7 Å². The van der Waals surface area contributed by atoms with Crippen molar-refractivity contribution < 1.29 is 4.74 Å². The van der Waals surface area contributed by atoms with Crippen LogP contribution in [0.2, 0.25) is 0 Å². The quantitative estimate of drug-likeness (QED) is 0.838. The molecule has 1 aromatic carbocycles. The Labute approximate surface area is 114 Å². The molecule has 3 nitrogen and oxygen atoms in total. The summed E-state index contributed by atoms with van der Waals surface area (Å²) in [5, 5.41) is 1.27. The van der Waals surface area contributed by atoms with Gasteiger partial charge in [-0.05, 0) is 57.6 Å². The van der Waals surface area contributed by atoms with E-state index in [1.54, 1.807) is 7.11 Å². The molecule has 0 saturated heterocycles. The second kappa shape index (κ2) is 4.27. The molecule has 1 aromatic heterocycles. The topological polar surface area (TPSA) is 17.4 Å². The van der Waals surface area contributed by atoms with Gasteiger partial charge in [-0.1, -0.05) is 0 Å². The number of nitrogens with zero attached hydrogens (tertiary/aromatic N) is 2. The van der Waals surface area contributed by atoms with Crippen molar-refractivity contribution in [3.05, 3.63) is 30.0 Å². The largest absolute Gasteiger partial charge is 0.495 e. The molecule has 1 fully saturated rings. The lowest BCUT2D eigenvalue weighted by Gasteiger charge is -2.25. The molecule has 0 radical (unpaired) electrons. The van der Waals surface area contributed by atoms with E-state index in [-0.39, 0.29) is 0 Å². The Morgan fingerprint density at radius 2 is 2.05 bits per heavy atom. The van der Waals surface area contributed by atoms with Gasteiger partial charge in [-0.2, -0.15) is 0 Å². The summed E-state index contributed by atoms with van der Waals surface area (Å²) in [4.78, 5) is 2.36. The second-order valence-corrected chi connectivity index (χ2v) is 5.97. The summed E-state index contributed by atoms with van der Waals surface area (Å²) in [5.41, 5.74) is 2.82. The van der Waals surface area contributed by atoms with Gasteiger partial charge in [0.15, 0.2) is 0 Å². The van der Waals surface area contributed by atoms with Crippen LogP contribution in [0.5, 0.6) is 5.75 Å². The molecule has 0 atom stereocenters. The highest BCUT2D eigenvalue weighted by molar-refractivity contribution is 5.86. The summed E-state index contributed by atoms with van der Waals surface area (Å²) in [6.07, 6.45) is 4.76. The summed E-state index contributed by atoms with van der Waals surface area (Å²) in [7, 11) is 6.12. The fourth-order valence-electron chi connectivity index (χ4n) is 2.95. The predicted octanol–water partition coefficient (Wildman–Crippen LogP) is 3.05. The summed E-state index contributed by atoms with van der Waals surface area (Å²) in [5.74, 6) is 0.981. The normalized spacial score (nSPS) is 17.1. The van der Waals surface area contributed by atoms with Crippen LogP contribution in [-0.4, -0.2) is 36.2 Å². The van der Waals surface area contributed by atoms with Crippen molar-refractivity contribution >= 4 is 10.9 Å². The van der Waals surface area contributed by atoms with Crippen molar-refractivity contribution in [1.82, 2.24) is 9.47 Å². The van der Waals surface area contributed by atoms with Crippen LogP contribution in [0.3, 0.4) is 0 Å². The van der Waals surface area contributed by atoms with E-state index < -0.39 is 0 Å². The van der Waals surface area contributed by atoms with Gasteiger partial charge in [0.25, 0.3) is 0 Å². The summed E-state index contributed by atoms with van der Waals surface area (Å²) < 4.78 is 7.92. The molecule has 19 heavy (non-hydrogen) atoms. The molecule has 2 aromatic rings. The average molecular weight is 258 g/mol. The van der Waals surface area contributed by atoms with Crippen LogP contribution in [-0.2, 0) is 6.54 Å². The highest BCUT2D eigenvalue weighted by Crippen LogP contribution is 2.42. The number of aromatic nitrogens is 1. The highest BCUT2D eigenvalue weighted by Gasteiger charge is 2.45. The zero-order chi connectivity index (χ0) is 13.6. The van der Waals surface area contributed by atoms with Crippen LogP contribution < -0.4 is 4.74 Å². The first-order chi connectivity index (χ1) is 9.05. The number of rotatable bonds is 4. The lowest BCUT2D eigenvalue weighted by atomic mass is 10.1. The van der Waals surface area contributed by atoms with Crippen molar-refractivity contribution in [2.45, 2.75) is 31.8 Å². The number of likely N-dealkylation sites (N-methyl/N-ethyl adjacent to an activating group) is 1. The monoisotopic (exact) mass is 258 g/mol. The van der Waals surface area contributed by atoms with Gasteiger partial charge < -0.3 is 14.2 Å². The molecule has 0 bridgehead atoms. The molecule has 0 amide bonds. The van der Waals surface area contributed by atoms with Crippen LogP contribution in [0.25, 0.3) is 10.9 Å². The van der Waals surface area contributed by atoms with Crippen LogP contribution in [0.4, 0.5) is 0 Å². The molecule has 3 rings (SSSR count). The average Bonchev–Trinajstić information content (AvgIpc) is 3.05. The maximum atomic E-state index is 5.57. The smallest absolute Gasteiger partial charge is 0.143 e. The van der Waals surface area contributed by atoms with Gasteiger partial charge in [-0.15, -0.1) is 0 Å². The van der Waals surface area contributed by atoms with Crippen molar-refractivity contribution in [1.29, 1.82) is 0 Å². The fourth-order valence-corrected chi connectivity index (χ4v) is 2.95. The minimum Gasteiger partial charge on any atom is -0.495 e. The maximum absolute atomic E-state index is 5.57. The zero-order valence-electron chi connectivity index (χ0n) is 12.2. The number of hydrogen-bond acceptors (Lipinski definition) is 2. The van der Waals surface area contributed by atoms with E-state index in [1.165, 1.54) is 29.3 Å². The minimum atomic E-state index is 0.349. The van der Waals surface area contributed by atoms with Gasteiger partial charge in [-0.25, -0.2) is 0 Å². The second-order valence-electron chi connectivity index (χ2n) is 5.97. The summed E-state index contributed by atoms with van der Waals surface area (Å²) in [6, 6.07) is 6.54. The van der Waals surface area contributed by atoms with E-state index in [2.05, 4.69) is 54.9 Å². The molecule has 0 N–H and O–H groups in total. The number of benzene rings is 1. The number of fused-ring (bicyclic) bond motifs is 1. The number of aryl methyl sites for hydroxylation is 1. The standard InChI is InChI=1S/C16H22N2O/c1-12-9-13-5-8-18(15(13)14(10-12)19-4)11-16(6-7-16)17(2)3/h5,8-10H,6-7,11H2,1-4H3. The highest BCUT2D eigenvalue weighted by atomic mass is 16.5. The molecule has 1 aliphatic carbocycles. The molecule has 1 aliphatic rings. The Morgan fingerprint density at radius 3 is 2.63 bits per heavy atom. The molecule has 1 saturated carbocycles. The van der Waals surface area contributed by atoms with Crippen LogP contribution in [0.1, 0.15) is 18.4 Å². The third kappa shape index (κ3) is 2.02. The Kier molecular flexibility index (Phi) is 2.82. The summed E-state index contributed by atoms with van der Waals surface area (Å²) in [6.45, 7) is 3.16. The minimum absolute atomic E-state index is 0.349. The molecular formula is C16H22N2O. The van der Waals surface area contributed by atoms with Gasteiger partial charge in [0.05, 0.1) is 12.6 Å². The van der Waals surface area contributed by atoms with Gasteiger partial charge in [0.1, 0.15) is 5.75 Å². The van der Waals surface area contributed by atoms with E-state index in [9.17, 15) is 0 Å². The molecular weight excluding hydrogens is 236 g/mol. The summed E-state index contributed by atoms with van der Waals surface area (Å²) >= 11 is 0. The molecule has 0 unspecified atom stereocenters. The Morgan fingerprint density at radius 1 is 1.32 bits per heavy atom. The number of ether oxygens (including phenoxy) is 1. The lowest BCUT2D eigenvalue weighted by molar-refractivity contribution is 0.243. The van der Waals surface area contributed by atoms with Crippen molar-refractivity contribution in [2.24, 2.45) is 0 Å². The van der Waals surface area contributed by atoms with E-state index >= 15 is 0 Å².